The van der Waals surface area contributed by atoms with Gasteiger partial charge >= 0.3 is 5.97 Å². The number of hydrogen-bond acceptors (Lipinski definition) is 3. The van der Waals surface area contributed by atoms with E-state index in [-0.39, 0.29) is 24.9 Å². The van der Waals surface area contributed by atoms with Crippen LogP contribution in [0.4, 0.5) is 0 Å². The van der Waals surface area contributed by atoms with Gasteiger partial charge in [0.05, 0.1) is 13.0 Å². The van der Waals surface area contributed by atoms with E-state index in [4.69, 9.17) is 16.3 Å². The molecule has 1 rings (SSSR count). The average Bonchev–Trinajstić information content (AvgIpc) is 2.23. The number of rotatable bonds is 4. The van der Waals surface area contributed by atoms with Gasteiger partial charge in [-0.25, -0.2) is 0 Å². The van der Waals surface area contributed by atoms with E-state index in [1.54, 1.807) is 18.2 Å². The predicted molar refractivity (Wildman–Crippen MR) is 71.7 cm³/mol. The number of carbonyl (C=O) groups is 1. The number of aliphatic hydroxyl groups is 1. The summed E-state index contributed by atoms with van der Waals surface area (Å²) < 4.78 is 5.24. The smallest absolute Gasteiger partial charge is 0.307 e. The van der Waals surface area contributed by atoms with Crippen molar-refractivity contribution < 1.29 is 14.6 Å². The molecule has 0 amide bonds. The van der Waals surface area contributed by atoms with E-state index >= 15 is 0 Å². The molecule has 0 heterocycles. The maximum absolute atomic E-state index is 11.7. The normalized spacial score (nSPS) is 13.2. The van der Waals surface area contributed by atoms with Crippen LogP contribution in [0.2, 0.25) is 5.02 Å². The quantitative estimate of drug-likeness (QED) is 0.855. The Bertz CT molecular complexity index is 410. The Kier molecular flexibility index (Phi) is 5.17. The van der Waals surface area contributed by atoms with Crippen molar-refractivity contribution in [1.82, 2.24) is 0 Å². The van der Waals surface area contributed by atoms with Gasteiger partial charge in [-0.3, -0.25) is 4.79 Å². The lowest BCUT2D eigenvalue weighted by Crippen LogP contribution is -2.25. The first-order valence-corrected chi connectivity index (χ1v) is 6.28. The maximum Gasteiger partial charge on any atom is 0.307 e. The summed E-state index contributed by atoms with van der Waals surface area (Å²) in [5.74, 6) is -0.597. The van der Waals surface area contributed by atoms with Gasteiger partial charge < -0.3 is 9.84 Å². The van der Waals surface area contributed by atoms with E-state index in [0.29, 0.717) is 5.02 Å². The molecule has 0 saturated heterocycles. The second-order valence-electron chi connectivity index (χ2n) is 5.23. The van der Waals surface area contributed by atoms with Crippen LogP contribution in [0.1, 0.15) is 38.7 Å². The molecule has 0 radical (unpaired) electrons. The van der Waals surface area contributed by atoms with E-state index in [0.717, 1.165) is 5.56 Å². The lowest BCUT2D eigenvalue weighted by molar-refractivity contribution is -0.155. The number of esters is 1. The molecule has 18 heavy (non-hydrogen) atoms. The van der Waals surface area contributed by atoms with Gasteiger partial charge in [-0.15, -0.1) is 0 Å². The molecular weight excluding hydrogens is 252 g/mol. The predicted octanol–water partition coefficient (Wildman–Crippen LogP) is 3.15. The molecule has 0 fully saturated rings. The molecule has 0 aliphatic heterocycles. The molecule has 1 atom stereocenters. The van der Waals surface area contributed by atoms with Gasteiger partial charge in [0.2, 0.25) is 0 Å². The van der Waals surface area contributed by atoms with Crippen LogP contribution in [0, 0.1) is 0 Å². The fourth-order valence-electron chi connectivity index (χ4n) is 1.63. The fourth-order valence-corrected chi connectivity index (χ4v) is 1.83. The average molecular weight is 271 g/mol. The third-order valence-corrected chi connectivity index (χ3v) is 2.61. The van der Waals surface area contributed by atoms with Crippen molar-refractivity contribution in [2.24, 2.45) is 0 Å². The summed E-state index contributed by atoms with van der Waals surface area (Å²) in [4.78, 5) is 11.7. The molecule has 1 aromatic rings. The van der Waals surface area contributed by atoms with Crippen molar-refractivity contribution in [2.75, 3.05) is 6.61 Å². The molecule has 100 valence electrons. The maximum atomic E-state index is 11.7. The molecule has 1 aromatic carbocycles. The second-order valence-corrected chi connectivity index (χ2v) is 5.66. The van der Waals surface area contributed by atoms with Crippen LogP contribution in [0.25, 0.3) is 0 Å². The molecule has 3 nitrogen and oxygen atoms in total. The Morgan fingerprint density at radius 1 is 1.44 bits per heavy atom. The van der Waals surface area contributed by atoms with Crippen LogP contribution < -0.4 is 0 Å². The lowest BCUT2D eigenvalue weighted by Gasteiger charge is -2.21. The van der Waals surface area contributed by atoms with Crippen molar-refractivity contribution in [2.45, 2.75) is 38.7 Å². The van der Waals surface area contributed by atoms with Gasteiger partial charge in [-0.05, 0) is 38.5 Å². The van der Waals surface area contributed by atoms with E-state index in [1.165, 1.54) is 0 Å². The monoisotopic (exact) mass is 270 g/mol. The molecule has 0 saturated carbocycles. The second kappa shape index (κ2) is 6.21. The van der Waals surface area contributed by atoms with Crippen LogP contribution in [0.5, 0.6) is 0 Å². The summed E-state index contributed by atoms with van der Waals surface area (Å²) in [7, 11) is 0. The van der Waals surface area contributed by atoms with E-state index in [9.17, 15) is 9.90 Å². The molecular formula is C14H19ClO3. The van der Waals surface area contributed by atoms with E-state index < -0.39 is 5.60 Å². The number of benzene rings is 1. The van der Waals surface area contributed by atoms with Crippen LogP contribution in [-0.2, 0) is 9.53 Å². The highest BCUT2D eigenvalue weighted by Gasteiger charge is 2.21. The minimum absolute atomic E-state index is 0.112. The largest absolute Gasteiger partial charge is 0.460 e. The zero-order valence-corrected chi connectivity index (χ0v) is 11.7. The summed E-state index contributed by atoms with van der Waals surface area (Å²) in [6.07, 6.45) is 0.147. The Balaban J connectivity index is 2.71. The van der Waals surface area contributed by atoms with Gasteiger partial charge in [0.15, 0.2) is 0 Å². The zero-order chi connectivity index (χ0) is 13.8. The lowest BCUT2D eigenvalue weighted by atomic mass is 9.96. The summed E-state index contributed by atoms with van der Waals surface area (Å²) in [6, 6.07) is 7.16. The van der Waals surface area contributed by atoms with Crippen LogP contribution in [0.3, 0.4) is 0 Å². The summed E-state index contributed by atoms with van der Waals surface area (Å²) in [5, 5.41) is 9.96. The van der Waals surface area contributed by atoms with Gasteiger partial charge in [0.25, 0.3) is 0 Å². The highest BCUT2D eigenvalue weighted by molar-refractivity contribution is 6.30. The molecule has 0 unspecified atom stereocenters. The zero-order valence-electron chi connectivity index (χ0n) is 10.9. The minimum atomic E-state index is -0.509. The Morgan fingerprint density at radius 2 is 2.11 bits per heavy atom. The molecule has 0 bridgehead atoms. The highest BCUT2D eigenvalue weighted by atomic mass is 35.5. The van der Waals surface area contributed by atoms with Gasteiger partial charge in [-0.1, -0.05) is 23.7 Å². The van der Waals surface area contributed by atoms with Crippen molar-refractivity contribution in [1.29, 1.82) is 0 Å². The van der Waals surface area contributed by atoms with E-state index in [1.807, 2.05) is 26.8 Å². The minimum Gasteiger partial charge on any atom is -0.460 e. The SMILES string of the molecule is CC(C)(C)OC(=O)C[C@H](CO)c1cccc(Cl)c1. The van der Waals surface area contributed by atoms with Gasteiger partial charge in [0.1, 0.15) is 5.60 Å². The van der Waals surface area contributed by atoms with Crippen molar-refractivity contribution in [3.05, 3.63) is 34.9 Å². The first-order chi connectivity index (χ1) is 8.31. The number of aliphatic hydroxyl groups excluding tert-OH is 1. The van der Waals surface area contributed by atoms with Crippen molar-refractivity contribution >= 4 is 17.6 Å². The molecule has 4 heteroatoms. The molecule has 0 aliphatic carbocycles. The Hall–Kier alpha value is -1.06. The van der Waals surface area contributed by atoms with Crippen molar-refractivity contribution in [3.8, 4) is 0 Å². The third-order valence-electron chi connectivity index (χ3n) is 2.37. The standard InChI is InChI=1S/C14H19ClO3/c1-14(2,3)18-13(17)8-11(9-16)10-5-4-6-12(15)7-10/h4-7,11,16H,8-9H2,1-3H3/t11-/m1/s1. The Morgan fingerprint density at radius 3 is 2.61 bits per heavy atom. The number of hydrogen-bond donors (Lipinski definition) is 1. The summed E-state index contributed by atoms with van der Waals surface area (Å²) in [5.41, 5.74) is 0.335. The fraction of sp³-hybridized carbons (Fsp3) is 0.500. The third kappa shape index (κ3) is 5.07. The summed E-state index contributed by atoms with van der Waals surface area (Å²) in [6.45, 7) is 5.34. The highest BCUT2D eigenvalue weighted by Crippen LogP contribution is 2.23. The Labute approximate surface area is 113 Å². The van der Waals surface area contributed by atoms with Crippen LogP contribution in [0.15, 0.2) is 24.3 Å². The topological polar surface area (TPSA) is 46.5 Å². The molecule has 0 spiro atoms. The first kappa shape index (κ1) is 15.0. The van der Waals surface area contributed by atoms with Crippen LogP contribution in [-0.4, -0.2) is 23.3 Å². The van der Waals surface area contributed by atoms with Crippen LogP contribution >= 0.6 is 11.6 Å². The van der Waals surface area contributed by atoms with Gasteiger partial charge in [-0.2, -0.15) is 0 Å². The number of ether oxygens (including phenoxy) is 1. The molecule has 0 aromatic heterocycles. The van der Waals surface area contributed by atoms with Crippen molar-refractivity contribution in [3.63, 3.8) is 0 Å². The molecule has 1 N–H and O–H groups in total. The number of halogens is 1. The van der Waals surface area contributed by atoms with E-state index in [2.05, 4.69) is 0 Å². The number of carbonyl (C=O) groups excluding carboxylic acids is 1. The first-order valence-electron chi connectivity index (χ1n) is 5.90. The molecule has 0 aliphatic rings. The summed E-state index contributed by atoms with van der Waals surface area (Å²) >= 11 is 5.89. The van der Waals surface area contributed by atoms with Gasteiger partial charge in [0, 0.05) is 10.9 Å².